The molecule has 0 radical (unpaired) electrons. The number of hydrogen-bond acceptors (Lipinski definition) is 6. The van der Waals surface area contributed by atoms with Crippen LogP contribution < -0.4 is 4.89 Å². The highest BCUT2D eigenvalue weighted by Gasteiger charge is 2.32. The monoisotopic (exact) mass is 253 g/mol. The van der Waals surface area contributed by atoms with E-state index < -0.39 is 32.3 Å². The summed E-state index contributed by atoms with van der Waals surface area (Å²) in [4.78, 5) is 29.7. The summed E-state index contributed by atoms with van der Waals surface area (Å²) in [7, 11) is -4.79. The summed E-state index contributed by atoms with van der Waals surface area (Å²) in [6, 6.07) is 0. The van der Waals surface area contributed by atoms with Gasteiger partial charge in [-0.2, -0.15) is 0 Å². The first-order valence-electron chi connectivity index (χ1n) is 4.83. The smallest absolute Gasteiger partial charge is 0.302 e. The lowest BCUT2D eigenvalue weighted by molar-refractivity contribution is -0.257. The van der Waals surface area contributed by atoms with Gasteiger partial charge in [-0.25, -0.2) is 0 Å². The van der Waals surface area contributed by atoms with Crippen LogP contribution in [0.2, 0.25) is 0 Å². The molecule has 0 aromatic rings. The van der Waals surface area contributed by atoms with Crippen molar-refractivity contribution in [2.24, 2.45) is 0 Å². The highest BCUT2D eigenvalue weighted by Crippen LogP contribution is 2.36. The fraction of sp³-hybridized carbons (Fsp3) is 0.875. The van der Waals surface area contributed by atoms with Crippen LogP contribution in [0.25, 0.3) is 0 Å². The lowest BCUT2D eigenvalue weighted by Crippen LogP contribution is -2.40. The summed E-state index contributed by atoms with van der Waals surface area (Å²) in [5, 5.41) is 0. The SMILES string of the molecule is CC(=O)O[C@@H]1CC[C@@H](OP(=O)([O-])O)O[C@H]1C. The lowest BCUT2D eigenvalue weighted by atomic mass is 10.1. The van der Waals surface area contributed by atoms with Crippen molar-refractivity contribution in [3.05, 3.63) is 0 Å². The quantitative estimate of drug-likeness (QED) is 0.553. The minimum Gasteiger partial charge on any atom is -0.756 e. The topological polar surface area (TPSA) is 105 Å². The van der Waals surface area contributed by atoms with Crippen LogP contribution in [0.5, 0.6) is 0 Å². The molecule has 0 bridgehead atoms. The Labute approximate surface area is 92.9 Å². The Morgan fingerprint density at radius 2 is 2.19 bits per heavy atom. The molecule has 1 saturated heterocycles. The molecule has 1 aliphatic rings. The summed E-state index contributed by atoms with van der Waals surface area (Å²) in [6.07, 6.45) is -1.26. The van der Waals surface area contributed by atoms with Gasteiger partial charge in [0.2, 0.25) is 0 Å². The average molecular weight is 253 g/mol. The predicted molar refractivity (Wildman–Crippen MR) is 50.0 cm³/mol. The van der Waals surface area contributed by atoms with Crippen molar-refractivity contribution in [2.45, 2.75) is 45.2 Å². The lowest BCUT2D eigenvalue weighted by Gasteiger charge is -2.35. The molecule has 1 rings (SSSR count). The minimum absolute atomic E-state index is 0.231. The molecule has 4 atom stereocenters. The Morgan fingerprint density at radius 1 is 1.56 bits per heavy atom. The van der Waals surface area contributed by atoms with Crippen LogP contribution in [-0.2, 0) is 23.4 Å². The molecule has 8 heteroatoms. The maximum absolute atomic E-state index is 10.7. The summed E-state index contributed by atoms with van der Waals surface area (Å²) in [6.45, 7) is 2.92. The van der Waals surface area contributed by atoms with Gasteiger partial charge in [-0.3, -0.25) is 13.9 Å². The molecule has 0 saturated carbocycles. The number of carbonyl (C=O) groups excluding carboxylic acids is 1. The zero-order chi connectivity index (χ0) is 12.3. The van der Waals surface area contributed by atoms with Crippen LogP contribution in [-0.4, -0.2) is 29.4 Å². The number of carbonyl (C=O) groups is 1. The fourth-order valence-corrected chi connectivity index (χ4v) is 1.98. The van der Waals surface area contributed by atoms with Crippen LogP contribution >= 0.6 is 7.82 Å². The molecule has 94 valence electrons. The second kappa shape index (κ2) is 5.25. The van der Waals surface area contributed by atoms with Gasteiger partial charge in [-0.05, 0) is 13.3 Å². The molecule has 0 spiro atoms. The van der Waals surface area contributed by atoms with Crippen LogP contribution in [0.3, 0.4) is 0 Å². The molecule has 1 N–H and O–H groups in total. The Bertz CT molecular complexity index is 299. The second-order valence-electron chi connectivity index (χ2n) is 3.57. The zero-order valence-corrected chi connectivity index (χ0v) is 9.88. The van der Waals surface area contributed by atoms with E-state index in [-0.39, 0.29) is 6.42 Å². The molecular formula is C8H14O7P-. The number of rotatable bonds is 3. The number of phosphoric ester groups is 1. The third-order valence-electron chi connectivity index (χ3n) is 2.14. The fourth-order valence-electron chi connectivity index (χ4n) is 1.52. The van der Waals surface area contributed by atoms with E-state index in [1.807, 2.05) is 0 Å². The normalized spacial score (nSPS) is 34.1. The summed E-state index contributed by atoms with van der Waals surface area (Å²) >= 11 is 0. The van der Waals surface area contributed by atoms with Crippen molar-refractivity contribution < 1.29 is 33.1 Å². The van der Waals surface area contributed by atoms with Gasteiger partial charge in [-0.1, -0.05) is 0 Å². The van der Waals surface area contributed by atoms with Crippen molar-refractivity contribution in [2.75, 3.05) is 0 Å². The standard InChI is InChI=1S/C8H15O7P/c1-5-7(14-6(2)9)3-4-8(13-5)15-16(10,11)12/h5,7-8H,3-4H2,1-2H3,(H2,10,11,12)/p-1/t5-,7+,8+/m0/s1. The molecule has 0 aromatic heterocycles. The van der Waals surface area contributed by atoms with E-state index >= 15 is 0 Å². The molecule has 1 fully saturated rings. The molecule has 7 nitrogen and oxygen atoms in total. The van der Waals surface area contributed by atoms with Gasteiger partial charge >= 0.3 is 5.97 Å². The van der Waals surface area contributed by atoms with Crippen molar-refractivity contribution >= 4 is 13.8 Å². The van der Waals surface area contributed by atoms with Gasteiger partial charge in [0, 0.05) is 13.3 Å². The van der Waals surface area contributed by atoms with Gasteiger partial charge in [-0.15, -0.1) is 0 Å². The van der Waals surface area contributed by atoms with Crippen molar-refractivity contribution in [1.82, 2.24) is 0 Å². The summed E-state index contributed by atoms with van der Waals surface area (Å²) in [5.74, 6) is -0.420. The van der Waals surface area contributed by atoms with Gasteiger partial charge in [0.15, 0.2) is 6.29 Å². The van der Waals surface area contributed by atoms with Crippen LogP contribution in [0, 0.1) is 0 Å². The summed E-state index contributed by atoms with van der Waals surface area (Å²) < 4.78 is 24.9. The number of esters is 1. The van der Waals surface area contributed by atoms with Crippen LogP contribution in [0.1, 0.15) is 26.7 Å². The molecule has 0 aromatic carbocycles. The van der Waals surface area contributed by atoms with E-state index in [0.29, 0.717) is 6.42 Å². The molecular weight excluding hydrogens is 239 g/mol. The number of phosphoric acid groups is 1. The predicted octanol–water partition coefficient (Wildman–Crippen LogP) is -0.0796. The van der Waals surface area contributed by atoms with Gasteiger partial charge < -0.3 is 19.3 Å². The van der Waals surface area contributed by atoms with E-state index in [2.05, 4.69) is 4.52 Å². The van der Waals surface area contributed by atoms with Crippen molar-refractivity contribution in [3.63, 3.8) is 0 Å². The molecule has 0 aliphatic carbocycles. The Morgan fingerprint density at radius 3 is 2.62 bits per heavy atom. The van der Waals surface area contributed by atoms with Gasteiger partial charge in [0.1, 0.15) is 6.10 Å². The van der Waals surface area contributed by atoms with E-state index in [1.165, 1.54) is 6.92 Å². The van der Waals surface area contributed by atoms with E-state index in [0.717, 1.165) is 0 Å². The Balaban J connectivity index is 2.45. The second-order valence-corrected chi connectivity index (χ2v) is 4.72. The Kier molecular flexibility index (Phi) is 4.46. The first kappa shape index (κ1) is 13.6. The molecule has 1 aliphatic heterocycles. The maximum atomic E-state index is 10.7. The number of hydrogen-bond donors (Lipinski definition) is 1. The molecule has 0 amide bonds. The van der Waals surface area contributed by atoms with E-state index in [1.54, 1.807) is 6.92 Å². The first-order valence-corrected chi connectivity index (χ1v) is 6.32. The largest absolute Gasteiger partial charge is 0.756 e. The third-order valence-corrected chi connectivity index (χ3v) is 2.65. The highest BCUT2D eigenvalue weighted by atomic mass is 31.2. The van der Waals surface area contributed by atoms with Crippen LogP contribution in [0.4, 0.5) is 0 Å². The van der Waals surface area contributed by atoms with Gasteiger partial charge in [0.05, 0.1) is 6.10 Å². The zero-order valence-electron chi connectivity index (χ0n) is 8.99. The van der Waals surface area contributed by atoms with Crippen molar-refractivity contribution in [3.8, 4) is 0 Å². The summed E-state index contributed by atoms with van der Waals surface area (Å²) in [5.41, 5.74) is 0. The van der Waals surface area contributed by atoms with Crippen molar-refractivity contribution in [1.29, 1.82) is 0 Å². The van der Waals surface area contributed by atoms with E-state index in [4.69, 9.17) is 14.4 Å². The first-order chi connectivity index (χ1) is 7.28. The molecule has 16 heavy (non-hydrogen) atoms. The molecule has 1 heterocycles. The molecule has 1 unspecified atom stereocenters. The maximum Gasteiger partial charge on any atom is 0.302 e. The Hall–Kier alpha value is -0.460. The average Bonchev–Trinajstić information content (AvgIpc) is 2.06. The van der Waals surface area contributed by atoms with E-state index in [9.17, 15) is 14.3 Å². The number of ether oxygens (including phenoxy) is 2. The third kappa shape index (κ3) is 4.59. The highest BCUT2D eigenvalue weighted by molar-refractivity contribution is 7.44. The van der Waals surface area contributed by atoms with Gasteiger partial charge in [0.25, 0.3) is 7.82 Å². The minimum atomic E-state index is -4.79. The van der Waals surface area contributed by atoms with Crippen LogP contribution in [0.15, 0.2) is 0 Å².